The highest BCUT2D eigenvalue weighted by Crippen LogP contribution is 2.37. The van der Waals surface area contributed by atoms with E-state index in [9.17, 15) is 26.4 Å². The first-order valence-electron chi connectivity index (χ1n) is 8.23. The number of carbonyl (C=O) groups is 1. The molecule has 1 aliphatic heterocycles. The number of amides is 1. The summed E-state index contributed by atoms with van der Waals surface area (Å²) < 4.78 is 63.3. The molecule has 0 fully saturated rings. The Morgan fingerprint density at radius 1 is 1.07 bits per heavy atom. The van der Waals surface area contributed by atoms with Crippen LogP contribution >= 0.6 is 0 Å². The highest BCUT2D eigenvalue weighted by atomic mass is 32.2. The first kappa shape index (κ1) is 20.0. The maximum absolute atomic E-state index is 12.7. The van der Waals surface area contributed by atoms with Gasteiger partial charge >= 0.3 is 6.18 Å². The number of hydrogen-bond donors (Lipinski definition) is 1. The van der Waals surface area contributed by atoms with Crippen molar-refractivity contribution in [3.8, 4) is 0 Å². The van der Waals surface area contributed by atoms with E-state index in [2.05, 4.69) is 15.5 Å². The monoisotopic (exact) mass is 411 g/mol. The maximum atomic E-state index is 12.7. The Hall–Kier alpha value is -2.75. The van der Waals surface area contributed by atoms with Gasteiger partial charge in [0, 0.05) is 12.1 Å². The molecule has 0 bridgehead atoms. The fourth-order valence-corrected chi connectivity index (χ4v) is 3.98. The minimum atomic E-state index is -4.56. The third kappa shape index (κ3) is 3.91. The van der Waals surface area contributed by atoms with Crippen LogP contribution in [0.15, 0.2) is 74.6 Å². The van der Waals surface area contributed by atoms with Crippen LogP contribution in [0, 0.1) is 0 Å². The molecule has 148 valence electrons. The van der Waals surface area contributed by atoms with Crippen molar-refractivity contribution >= 4 is 21.4 Å². The highest BCUT2D eigenvalue weighted by molar-refractivity contribution is 7.91. The van der Waals surface area contributed by atoms with Crippen LogP contribution in [0.2, 0.25) is 0 Å². The molecule has 0 saturated heterocycles. The molecule has 0 aliphatic carbocycles. The molecular weight excluding hydrogens is 395 g/mol. The van der Waals surface area contributed by atoms with Gasteiger partial charge in [-0.05, 0) is 43.3 Å². The average molecular weight is 411 g/mol. The molecule has 2 aromatic carbocycles. The zero-order chi connectivity index (χ0) is 20.6. The van der Waals surface area contributed by atoms with E-state index in [1.54, 1.807) is 18.2 Å². The molecule has 0 spiro atoms. The lowest BCUT2D eigenvalue weighted by molar-refractivity contribution is -0.148. The zero-order valence-electron chi connectivity index (χ0n) is 14.6. The molecule has 0 aromatic heterocycles. The van der Waals surface area contributed by atoms with Gasteiger partial charge in [-0.25, -0.2) is 8.42 Å². The molecule has 0 radical (unpaired) electrons. The molecule has 2 atom stereocenters. The molecule has 2 aromatic rings. The summed E-state index contributed by atoms with van der Waals surface area (Å²) in [7, 11) is -3.71. The van der Waals surface area contributed by atoms with Crippen LogP contribution in [0.3, 0.4) is 0 Å². The third-order valence-electron chi connectivity index (χ3n) is 4.35. The second kappa shape index (κ2) is 7.01. The van der Waals surface area contributed by atoms with Crippen molar-refractivity contribution in [2.24, 2.45) is 10.2 Å². The van der Waals surface area contributed by atoms with Crippen LogP contribution in [0.25, 0.3) is 0 Å². The van der Waals surface area contributed by atoms with Crippen molar-refractivity contribution in [2.45, 2.75) is 40.9 Å². The molecule has 1 N–H and O–H groups in total. The molecule has 1 heterocycles. The number of anilines is 1. The Morgan fingerprint density at radius 2 is 1.64 bits per heavy atom. The first-order valence-corrected chi connectivity index (χ1v) is 9.71. The smallest absolute Gasteiger partial charge is 0.324 e. The Bertz CT molecular complexity index is 1010. The zero-order valence-corrected chi connectivity index (χ0v) is 15.5. The summed E-state index contributed by atoms with van der Waals surface area (Å²) in [4.78, 5) is 12.5. The van der Waals surface area contributed by atoms with E-state index >= 15 is 0 Å². The Kier molecular flexibility index (Phi) is 5.00. The Morgan fingerprint density at radius 3 is 2.18 bits per heavy atom. The van der Waals surface area contributed by atoms with Crippen molar-refractivity contribution in [2.75, 3.05) is 5.32 Å². The van der Waals surface area contributed by atoms with Crippen molar-refractivity contribution in [3.63, 3.8) is 0 Å². The van der Waals surface area contributed by atoms with E-state index < -0.39 is 39.9 Å². The van der Waals surface area contributed by atoms with Crippen molar-refractivity contribution < 1.29 is 26.4 Å². The molecule has 0 saturated carbocycles. The fourth-order valence-electron chi connectivity index (χ4n) is 2.69. The number of alkyl halides is 3. The van der Waals surface area contributed by atoms with Gasteiger partial charge < -0.3 is 5.32 Å². The Labute approximate surface area is 159 Å². The second-order valence-corrected chi connectivity index (χ2v) is 8.50. The SMILES string of the molecule is CC1(C(=O)Nc2ccc(S(=O)(=O)c3ccccc3)cc2)CC(C(F)(F)F)N=N1. The van der Waals surface area contributed by atoms with Crippen molar-refractivity contribution in [1.29, 1.82) is 0 Å². The molecule has 28 heavy (non-hydrogen) atoms. The molecule has 3 rings (SSSR count). The lowest BCUT2D eigenvalue weighted by Gasteiger charge is -2.20. The molecule has 10 heteroatoms. The van der Waals surface area contributed by atoms with Gasteiger partial charge in [0.1, 0.15) is 0 Å². The van der Waals surface area contributed by atoms with Crippen molar-refractivity contribution in [3.05, 3.63) is 54.6 Å². The van der Waals surface area contributed by atoms with E-state index in [0.717, 1.165) is 0 Å². The van der Waals surface area contributed by atoms with Gasteiger partial charge in [0.2, 0.25) is 9.84 Å². The quantitative estimate of drug-likeness (QED) is 0.825. The normalized spacial score (nSPS) is 22.2. The second-order valence-electron chi connectivity index (χ2n) is 6.55. The third-order valence-corrected chi connectivity index (χ3v) is 6.14. The van der Waals surface area contributed by atoms with Gasteiger partial charge in [0.05, 0.1) is 9.79 Å². The van der Waals surface area contributed by atoms with Crippen LogP contribution in [-0.4, -0.2) is 32.1 Å². The van der Waals surface area contributed by atoms with Gasteiger partial charge in [0.25, 0.3) is 5.91 Å². The van der Waals surface area contributed by atoms with Crippen LogP contribution in [0.5, 0.6) is 0 Å². The summed E-state index contributed by atoms with van der Waals surface area (Å²) in [5, 5.41) is 9.13. The first-order chi connectivity index (χ1) is 13.0. The molecule has 2 unspecified atom stereocenters. The fraction of sp³-hybridized carbons (Fsp3) is 0.278. The number of nitrogens with zero attached hydrogens (tertiary/aromatic N) is 2. The van der Waals surface area contributed by atoms with Crippen LogP contribution < -0.4 is 5.32 Å². The van der Waals surface area contributed by atoms with Crippen molar-refractivity contribution in [1.82, 2.24) is 0 Å². The number of rotatable bonds is 4. The Balaban J connectivity index is 1.73. The number of nitrogens with one attached hydrogen (secondary N) is 1. The lowest BCUT2D eigenvalue weighted by Crippen LogP contribution is -2.40. The molecule has 1 amide bonds. The summed E-state index contributed by atoms with van der Waals surface area (Å²) in [6.07, 6.45) is -5.14. The summed E-state index contributed by atoms with van der Waals surface area (Å²) in [5.74, 6) is -0.748. The van der Waals surface area contributed by atoms with Gasteiger partial charge in [-0.2, -0.15) is 23.4 Å². The summed E-state index contributed by atoms with van der Waals surface area (Å²) in [6.45, 7) is 1.27. The largest absolute Gasteiger partial charge is 0.412 e. The maximum Gasteiger partial charge on any atom is 0.412 e. The van der Waals surface area contributed by atoms with E-state index in [1.807, 2.05) is 0 Å². The molecular formula is C18H16F3N3O3S. The lowest BCUT2D eigenvalue weighted by atomic mass is 9.94. The van der Waals surface area contributed by atoms with Gasteiger partial charge in [0.15, 0.2) is 11.6 Å². The number of hydrogen-bond acceptors (Lipinski definition) is 5. The minimum absolute atomic E-state index is 0.0283. The molecule has 6 nitrogen and oxygen atoms in total. The van der Waals surface area contributed by atoms with Crippen LogP contribution in [0.4, 0.5) is 18.9 Å². The predicted molar refractivity (Wildman–Crippen MR) is 94.7 cm³/mol. The topological polar surface area (TPSA) is 88.0 Å². The van der Waals surface area contributed by atoms with E-state index in [0.29, 0.717) is 0 Å². The van der Waals surface area contributed by atoms with Gasteiger partial charge in [-0.15, -0.1) is 0 Å². The minimum Gasteiger partial charge on any atom is -0.324 e. The van der Waals surface area contributed by atoms with Gasteiger partial charge in [-0.3, -0.25) is 4.79 Å². The predicted octanol–water partition coefficient (Wildman–Crippen LogP) is 4.00. The van der Waals surface area contributed by atoms with E-state index in [4.69, 9.17) is 0 Å². The number of sulfone groups is 1. The number of azo groups is 1. The van der Waals surface area contributed by atoms with E-state index in [-0.39, 0.29) is 15.5 Å². The number of benzene rings is 2. The summed E-state index contributed by atoms with van der Waals surface area (Å²) in [6, 6.07) is 11.2. The standard InChI is InChI=1S/C18H16F3N3O3S/c1-17(11-15(23-24-17)18(19,20)21)16(25)22-12-7-9-14(10-8-12)28(26,27)13-5-3-2-4-6-13/h2-10,15H,11H2,1H3,(H,22,25). The molecule has 1 aliphatic rings. The number of halogens is 3. The van der Waals surface area contributed by atoms with Crippen LogP contribution in [-0.2, 0) is 14.6 Å². The van der Waals surface area contributed by atoms with E-state index in [1.165, 1.54) is 43.3 Å². The summed E-state index contributed by atoms with van der Waals surface area (Å²) >= 11 is 0. The highest BCUT2D eigenvalue weighted by Gasteiger charge is 2.51. The van der Waals surface area contributed by atoms with Gasteiger partial charge in [-0.1, -0.05) is 18.2 Å². The average Bonchev–Trinajstić information content (AvgIpc) is 3.07. The van der Waals surface area contributed by atoms with Crippen LogP contribution in [0.1, 0.15) is 13.3 Å². The number of carbonyl (C=O) groups excluding carboxylic acids is 1. The summed E-state index contributed by atoms with van der Waals surface area (Å²) in [5.41, 5.74) is -1.40.